The second kappa shape index (κ2) is 12.5. The van der Waals surface area contributed by atoms with Crippen LogP contribution in [-0.2, 0) is 16.1 Å². The van der Waals surface area contributed by atoms with E-state index in [0.29, 0.717) is 18.9 Å². The third-order valence-corrected chi connectivity index (χ3v) is 5.71. The van der Waals surface area contributed by atoms with Gasteiger partial charge in [-0.1, -0.05) is 12.5 Å². The van der Waals surface area contributed by atoms with Crippen molar-refractivity contribution in [1.29, 1.82) is 0 Å². The first kappa shape index (κ1) is 23.3. The average molecular weight is 431 g/mol. The normalized spacial score (nSPS) is 20.5. The van der Waals surface area contributed by atoms with Gasteiger partial charge in [-0.3, -0.25) is 4.79 Å². The van der Waals surface area contributed by atoms with Gasteiger partial charge in [0.25, 0.3) is 0 Å². The quantitative estimate of drug-likeness (QED) is 0.374. The topological polar surface area (TPSA) is 82.1 Å². The van der Waals surface area contributed by atoms with Crippen LogP contribution in [0.25, 0.3) is 0 Å². The zero-order valence-electron chi connectivity index (χ0n) is 19.1. The minimum atomic E-state index is 0.242. The van der Waals surface area contributed by atoms with E-state index in [9.17, 15) is 4.79 Å². The first-order valence-electron chi connectivity index (χ1n) is 11.8. The number of rotatable bonds is 8. The molecular formula is C23H38N6O2. The van der Waals surface area contributed by atoms with Gasteiger partial charge in [-0.2, -0.15) is 0 Å². The molecule has 1 aromatic rings. The van der Waals surface area contributed by atoms with E-state index in [-0.39, 0.29) is 6.10 Å². The second-order valence-electron chi connectivity index (χ2n) is 8.32. The van der Waals surface area contributed by atoms with E-state index in [1.165, 1.54) is 6.42 Å². The summed E-state index contributed by atoms with van der Waals surface area (Å²) in [6.45, 7) is 10.6. The van der Waals surface area contributed by atoms with Crippen LogP contribution in [0.15, 0.2) is 23.3 Å². The number of ether oxygens (including phenoxy) is 1. The summed E-state index contributed by atoms with van der Waals surface area (Å²) < 4.78 is 5.61. The number of nitrogens with one attached hydrogen (secondary N) is 2. The predicted molar refractivity (Wildman–Crippen MR) is 124 cm³/mol. The maximum atomic E-state index is 12.1. The SMILES string of the molecule is CCNC(=NCc1ccc(N2CCOC(C)C2)nc1)NCCCN1CCCCCC1=O. The van der Waals surface area contributed by atoms with Crippen molar-refractivity contribution < 1.29 is 9.53 Å². The smallest absolute Gasteiger partial charge is 0.222 e. The molecule has 1 amide bonds. The van der Waals surface area contributed by atoms with E-state index in [4.69, 9.17) is 9.73 Å². The molecule has 0 aliphatic carbocycles. The number of aromatic nitrogens is 1. The molecule has 31 heavy (non-hydrogen) atoms. The number of anilines is 1. The monoisotopic (exact) mass is 430 g/mol. The van der Waals surface area contributed by atoms with Gasteiger partial charge in [0.05, 0.1) is 19.3 Å². The number of carbonyl (C=O) groups is 1. The highest BCUT2D eigenvalue weighted by Gasteiger charge is 2.18. The lowest BCUT2D eigenvalue weighted by Crippen LogP contribution is -2.41. The van der Waals surface area contributed by atoms with Gasteiger partial charge >= 0.3 is 0 Å². The van der Waals surface area contributed by atoms with Crippen LogP contribution in [0.2, 0.25) is 0 Å². The Balaban J connectivity index is 1.44. The van der Waals surface area contributed by atoms with Crippen LogP contribution in [0.4, 0.5) is 5.82 Å². The zero-order chi connectivity index (χ0) is 21.9. The number of hydrogen-bond donors (Lipinski definition) is 2. The number of amides is 1. The molecule has 1 aromatic heterocycles. The molecule has 0 saturated carbocycles. The number of guanidine groups is 1. The lowest BCUT2D eigenvalue weighted by molar-refractivity contribution is -0.130. The standard InChI is InChI=1S/C23H38N6O2/c1-3-24-23(25-11-7-13-28-12-6-4-5-8-22(28)30)27-17-20-9-10-21(26-16-20)29-14-15-31-19(2)18-29/h9-10,16,19H,3-8,11-15,17-18H2,1-2H3,(H2,24,25,27). The Hall–Kier alpha value is -2.35. The molecule has 2 saturated heterocycles. The Bertz CT molecular complexity index is 709. The highest BCUT2D eigenvalue weighted by molar-refractivity contribution is 5.79. The van der Waals surface area contributed by atoms with Crippen molar-refractivity contribution in [3.8, 4) is 0 Å². The summed E-state index contributed by atoms with van der Waals surface area (Å²) in [5, 5.41) is 6.68. The van der Waals surface area contributed by atoms with Crippen molar-refractivity contribution in [2.24, 2.45) is 4.99 Å². The molecule has 3 rings (SSSR count). The predicted octanol–water partition coefficient (Wildman–Crippen LogP) is 2.15. The molecule has 2 N–H and O–H groups in total. The van der Waals surface area contributed by atoms with Crippen LogP contribution < -0.4 is 15.5 Å². The lowest BCUT2D eigenvalue weighted by atomic mass is 10.2. The fourth-order valence-electron chi connectivity index (χ4n) is 3.99. The van der Waals surface area contributed by atoms with E-state index in [2.05, 4.69) is 46.5 Å². The summed E-state index contributed by atoms with van der Waals surface area (Å²) in [5.74, 6) is 2.10. The molecule has 0 aromatic carbocycles. The number of morpholine rings is 1. The Morgan fingerprint density at radius 1 is 1.26 bits per heavy atom. The summed E-state index contributed by atoms with van der Waals surface area (Å²) in [5.41, 5.74) is 1.08. The van der Waals surface area contributed by atoms with Crippen LogP contribution in [0.5, 0.6) is 0 Å². The fourth-order valence-corrected chi connectivity index (χ4v) is 3.99. The van der Waals surface area contributed by atoms with Crippen LogP contribution in [-0.4, -0.2) is 73.7 Å². The van der Waals surface area contributed by atoms with Crippen molar-refractivity contribution >= 4 is 17.7 Å². The van der Waals surface area contributed by atoms with Gasteiger partial charge < -0.3 is 25.2 Å². The zero-order valence-corrected chi connectivity index (χ0v) is 19.1. The van der Waals surface area contributed by atoms with E-state index >= 15 is 0 Å². The van der Waals surface area contributed by atoms with E-state index in [0.717, 1.165) is 82.5 Å². The minimum absolute atomic E-state index is 0.242. The van der Waals surface area contributed by atoms with Crippen molar-refractivity contribution in [3.63, 3.8) is 0 Å². The van der Waals surface area contributed by atoms with Gasteiger partial charge in [-0.15, -0.1) is 0 Å². The van der Waals surface area contributed by atoms with Crippen molar-refractivity contribution in [1.82, 2.24) is 20.5 Å². The molecule has 3 heterocycles. The van der Waals surface area contributed by atoms with Crippen LogP contribution in [0, 0.1) is 0 Å². The van der Waals surface area contributed by atoms with Crippen molar-refractivity contribution in [2.45, 2.75) is 58.6 Å². The molecule has 1 atom stereocenters. The third kappa shape index (κ3) is 7.69. The van der Waals surface area contributed by atoms with Gasteiger partial charge in [-0.25, -0.2) is 9.98 Å². The number of aliphatic imine (C=N–C) groups is 1. The van der Waals surface area contributed by atoms with Gasteiger partial charge in [-0.05, 0) is 44.7 Å². The van der Waals surface area contributed by atoms with Crippen LogP contribution in [0.3, 0.4) is 0 Å². The molecule has 0 bridgehead atoms. The molecule has 8 heteroatoms. The van der Waals surface area contributed by atoms with Crippen LogP contribution in [0.1, 0.15) is 51.5 Å². The number of likely N-dealkylation sites (tertiary alicyclic amines) is 1. The number of hydrogen-bond acceptors (Lipinski definition) is 5. The Kier molecular flexibility index (Phi) is 9.39. The summed E-state index contributed by atoms with van der Waals surface area (Å²) in [6.07, 6.45) is 7.10. The molecule has 0 radical (unpaired) electrons. The molecule has 8 nitrogen and oxygen atoms in total. The first-order valence-corrected chi connectivity index (χ1v) is 11.8. The summed E-state index contributed by atoms with van der Waals surface area (Å²) in [7, 11) is 0. The second-order valence-corrected chi connectivity index (χ2v) is 8.32. The Labute approximate surface area is 186 Å². The molecule has 2 fully saturated rings. The largest absolute Gasteiger partial charge is 0.375 e. The maximum absolute atomic E-state index is 12.1. The molecule has 172 valence electrons. The van der Waals surface area contributed by atoms with Gasteiger partial charge in [0.15, 0.2) is 5.96 Å². The van der Waals surface area contributed by atoms with Gasteiger partial charge in [0.1, 0.15) is 5.82 Å². The molecule has 1 unspecified atom stereocenters. The average Bonchev–Trinajstić information content (AvgIpc) is 2.99. The molecule has 2 aliphatic heterocycles. The number of carbonyl (C=O) groups excluding carboxylic acids is 1. The lowest BCUT2D eigenvalue weighted by Gasteiger charge is -2.32. The van der Waals surface area contributed by atoms with Gasteiger partial charge in [0.2, 0.25) is 5.91 Å². The minimum Gasteiger partial charge on any atom is -0.375 e. The fraction of sp³-hybridized carbons (Fsp3) is 0.696. The highest BCUT2D eigenvalue weighted by atomic mass is 16.5. The van der Waals surface area contributed by atoms with Gasteiger partial charge in [0, 0.05) is 51.9 Å². The first-order chi connectivity index (χ1) is 15.2. The van der Waals surface area contributed by atoms with E-state index in [1.807, 2.05) is 11.1 Å². The Morgan fingerprint density at radius 2 is 2.16 bits per heavy atom. The van der Waals surface area contributed by atoms with E-state index < -0.39 is 0 Å². The van der Waals surface area contributed by atoms with Crippen molar-refractivity contribution in [3.05, 3.63) is 23.9 Å². The summed E-state index contributed by atoms with van der Waals surface area (Å²) in [4.78, 5) is 25.7. The van der Waals surface area contributed by atoms with E-state index in [1.54, 1.807) is 0 Å². The summed E-state index contributed by atoms with van der Waals surface area (Å²) in [6, 6.07) is 4.17. The number of pyridine rings is 1. The van der Waals surface area contributed by atoms with Crippen molar-refractivity contribution in [2.75, 3.05) is 50.8 Å². The Morgan fingerprint density at radius 3 is 2.94 bits per heavy atom. The molecule has 2 aliphatic rings. The third-order valence-electron chi connectivity index (χ3n) is 5.71. The molecule has 0 spiro atoms. The number of nitrogens with zero attached hydrogens (tertiary/aromatic N) is 4. The van der Waals surface area contributed by atoms with Crippen LogP contribution >= 0.6 is 0 Å². The molecular weight excluding hydrogens is 392 g/mol. The highest BCUT2D eigenvalue weighted by Crippen LogP contribution is 2.16. The summed E-state index contributed by atoms with van der Waals surface area (Å²) >= 11 is 0. The maximum Gasteiger partial charge on any atom is 0.222 e.